The van der Waals surface area contributed by atoms with E-state index in [-0.39, 0.29) is 4.90 Å². The van der Waals surface area contributed by atoms with Crippen LogP contribution in [0.3, 0.4) is 0 Å². The Morgan fingerprint density at radius 2 is 2.00 bits per heavy atom. The smallest absolute Gasteiger partial charge is 0.246 e. The molecule has 0 aliphatic heterocycles. The Morgan fingerprint density at radius 1 is 1.30 bits per heavy atom. The molecule has 0 spiro atoms. The van der Waals surface area contributed by atoms with Crippen molar-refractivity contribution < 1.29 is 17.9 Å². The van der Waals surface area contributed by atoms with Crippen molar-refractivity contribution >= 4 is 10.0 Å². The van der Waals surface area contributed by atoms with E-state index in [1.807, 2.05) is 0 Å². The molecule has 7 heteroatoms. The van der Waals surface area contributed by atoms with E-state index in [0.29, 0.717) is 31.9 Å². The van der Waals surface area contributed by atoms with Gasteiger partial charge < -0.3 is 15.2 Å². The van der Waals surface area contributed by atoms with Crippen molar-refractivity contribution in [2.75, 3.05) is 34.4 Å². The lowest BCUT2D eigenvalue weighted by atomic mass is 10.2. The van der Waals surface area contributed by atoms with Crippen LogP contribution in [-0.2, 0) is 21.3 Å². The van der Waals surface area contributed by atoms with Gasteiger partial charge in [-0.05, 0) is 24.1 Å². The van der Waals surface area contributed by atoms with Crippen LogP contribution in [0.4, 0.5) is 0 Å². The molecule has 0 fully saturated rings. The quantitative estimate of drug-likeness (QED) is 0.719. The van der Waals surface area contributed by atoms with Crippen molar-refractivity contribution in [3.8, 4) is 5.75 Å². The third kappa shape index (κ3) is 3.92. The van der Waals surface area contributed by atoms with E-state index in [1.54, 1.807) is 26.3 Å². The topological polar surface area (TPSA) is 81.9 Å². The standard InChI is InChI=1S/C13H22N2O4S/c1-15(7-4-8-18-2)20(16,17)13-6-5-11(10-14)9-12(13)19-3/h5-6,9H,4,7-8,10,14H2,1-3H3. The van der Waals surface area contributed by atoms with E-state index < -0.39 is 10.0 Å². The molecule has 0 heterocycles. The number of benzene rings is 1. The van der Waals surface area contributed by atoms with Gasteiger partial charge in [-0.3, -0.25) is 0 Å². The normalized spacial score (nSPS) is 11.8. The van der Waals surface area contributed by atoms with E-state index in [2.05, 4.69) is 0 Å². The average Bonchev–Trinajstić information content (AvgIpc) is 2.46. The summed E-state index contributed by atoms with van der Waals surface area (Å²) in [7, 11) is 0.998. The molecule has 0 bridgehead atoms. The highest BCUT2D eigenvalue weighted by atomic mass is 32.2. The van der Waals surface area contributed by atoms with Crippen molar-refractivity contribution in [1.29, 1.82) is 0 Å². The maximum Gasteiger partial charge on any atom is 0.246 e. The molecule has 0 saturated heterocycles. The molecular formula is C13H22N2O4S. The zero-order valence-corrected chi connectivity index (χ0v) is 12.9. The van der Waals surface area contributed by atoms with Gasteiger partial charge in [0.25, 0.3) is 0 Å². The van der Waals surface area contributed by atoms with Gasteiger partial charge >= 0.3 is 0 Å². The molecule has 0 saturated carbocycles. The van der Waals surface area contributed by atoms with Crippen LogP contribution in [-0.4, -0.2) is 47.1 Å². The fourth-order valence-electron chi connectivity index (χ4n) is 1.77. The lowest BCUT2D eigenvalue weighted by Gasteiger charge is -2.19. The van der Waals surface area contributed by atoms with Crippen LogP contribution < -0.4 is 10.5 Å². The molecule has 0 aliphatic carbocycles. The van der Waals surface area contributed by atoms with E-state index >= 15 is 0 Å². The van der Waals surface area contributed by atoms with Crippen molar-refractivity contribution in [1.82, 2.24) is 4.31 Å². The minimum Gasteiger partial charge on any atom is -0.495 e. The van der Waals surface area contributed by atoms with Crippen LogP contribution in [0.5, 0.6) is 5.75 Å². The van der Waals surface area contributed by atoms with Crippen molar-refractivity contribution in [2.24, 2.45) is 5.73 Å². The predicted molar refractivity (Wildman–Crippen MR) is 77.2 cm³/mol. The molecule has 1 rings (SSSR count). The highest BCUT2D eigenvalue weighted by Crippen LogP contribution is 2.27. The number of ether oxygens (including phenoxy) is 2. The molecule has 0 unspecified atom stereocenters. The van der Waals surface area contributed by atoms with Gasteiger partial charge in [-0.1, -0.05) is 6.07 Å². The largest absolute Gasteiger partial charge is 0.495 e. The summed E-state index contributed by atoms with van der Waals surface area (Å²) >= 11 is 0. The molecule has 114 valence electrons. The first-order chi connectivity index (χ1) is 9.47. The second kappa shape index (κ2) is 7.58. The molecule has 2 N–H and O–H groups in total. The van der Waals surface area contributed by atoms with Gasteiger partial charge in [-0.2, -0.15) is 0 Å². The number of hydrogen-bond acceptors (Lipinski definition) is 5. The summed E-state index contributed by atoms with van der Waals surface area (Å²) in [5.41, 5.74) is 6.37. The molecule has 1 aromatic carbocycles. The molecule has 0 radical (unpaired) electrons. The number of nitrogens with two attached hydrogens (primary N) is 1. The monoisotopic (exact) mass is 302 g/mol. The van der Waals surface area contributed by atoms with Crippen LogP contribution in [0.15, 0.2) is 23.1 Å². The Bertz CT molecular complexity index is 531. The molecule has 0 atom stereocenters. The first-order valence-electron chi connectivity index (χ1n) is 6.29. The summed E-state index contributed by atoms with van der Waals surface area (Å²) in [5.74, 6) is 0.312. The summed E-state index contributed by atoms with van der Waals surface area (Å²) < 4.78 is 36.3. The van der Waals surface area contributed by atoms with Crippen LogP contribution >= 0.6 is 0 Å². The van der Waals surface area contributed by atoms with Gasteiger partial charge in [0.1, 0.15) is 10.6 Å². The van der Waals surface area contributed by atoms with E-state index in [1.165, 1.54) is 17.5 Å². The molecule has 20 heavy (non-hydrogen) atoms. The van der Waals surface area contributed by atoms with Gasteiger partial charge in [0.15, 0.2) is 0 Å². The molecule has 1 aromatic rings. The summed E-state index contributed by atoms with van der Waals surface area (Å²) in [4.78, 5) is 0.150. The maximum atomic E-state index is 12.5. The number of sulfonamides is 1. The molecule has 0 aromatic heterocycles. The maximum absolute atomic E-state index is 12.5. The summed E-state index contributed by atoms with van der Waals surface area (Å²) in [6.45, 7) is 1.24. The van der Waals surface area contributed by atoms with E-state index in [9.17, 15) is 8.42 Å². The predicted octanol–water partition coefficient (Wildman–Crippen LogP) is 0.811. The second-order valence-corrected chi connectivity index (χ2v) is 6.38. The van der Waals surface area contributed by atoms with Crippen molar-refractivity contribution in [3.05, 3.63) is 23.8 Å². The van der Waals surface area contributed by atoms with Crippen LogP contribution in [0, 0.1) is 0 Å². The Balaban J connectivity index is 3.02. The minimum atomic E-state index is -3.58. The van der Waals surface area contributed by atoms with Gasteiger partial charge in [-0.25, -0.2) is 12.7 Å². The van der Waals surface area contributed by atoms with Crippen molar-refractivity contribution in [2.45, 2.75) is 17.9 Å². The minimum absolute atomic E-state index is 0.150. The Morgan fingerprint density at radius 3 is 2.55 bits per heavy atom. The van der Waals surface area contributed by atoms with Gasteiger partial charge in [0.05, 0.1) is 7.11 Å². The second-order valence-electron chi connectivity index (χ2n) is 4.36. The highest BCUT2D eigenvalue weighted by Gasteiger charge is 2.24. The average molecular weight is 302 g/mol. The third-order valence-electron chi connectivity index (χ3n) is 2.97. The number of hydrogen-bond donors (Lipinski definition) is 1. The number of nitrogens with zero attached hydrogens (tertiary/aromatic N) is 1. The first-order valence-corrected chi connectivity index (χ1v) is 7.73. The van der Waals surface area contributed by atoms with E-state index in [0.717, 1.165) is 5.56 Å². The molecule has 0 aliphatic rings. The first kappa shape index (κ1) is 16.9. The summed E-state index contributed by atoms with van der Waals surface area (Å²) in [5, 5.41) is 0. The van der Waals surface area contributed by atoms with Gasteiger partial charge in [-0.15, -0.1) is 0 Å². The van der Waals surface area contributed by atoms with Crippen LogP contribution in [0.25, 0.3) is 0 Å². The van der Waals surface area contributed by atoms with Crippen LogP contribution in [0.2, 0.25) is 0 Å². The Labute approximate surface area is 120 Å². The highest BCUT2D eigenvalue weighted by molar-refractivity contribution is 7.89. The zero-order valence-electron chi connectivity index (χ0n) is 12.1. The Kier molecular flexibility index (Phi) is 6.41. The Hall–Kier alpha value is -1.15. The zero-order chi connectivity index (χ0) is 15.2. The lowest BCUT2D eigenvalue weighted by Crippen LogP contribution is -2.29. The SMILES string of the molecule is COCCCN(C)S(=O)(=O)c1ccc(CN)cc1OC. The van der Waals surface area contributed by atoms with Gasteiger partial charge in [0, 0.05) is 33.9 Å². The summed E-state index contributed by atoms with van der Waals surface area (Å²) in [6.07, 6.45) is 0.634. The fourth-order valence-corrected chi connectivity index (χ4v) is 3.11. The number of rotatable bonds is 8. The number of methoxy groups -OCH3 is 2. The van der Waals surface area contributed by atoms with Gasteiger partial charge in [0.2, 0.25) is 10.0 Å². The van der Waals surface area contributed by atoms with Crippen LogP contribution in [0.1, 0.15) is 12.0 Å². The third-order valence-corrected chi connectivity index (χ3v) is 4.87. The lowest BCUT2D eigenvalue weighted by molar-refractivity contribution is 0.189. The fraction of sp³-hybridized carbons (Fsp3) is 0.538. The summed E-state index contributed by atoms with van der Waals surface area (Å²) in [6, 6.07) is 4.87. The molecular weight excluding hydrogens is 280 g/mol. The molecule has 0 amide bonds. The van der Waals surface area contributed by atoms with E-state index in [4.69, 9.17) is 15.2 Å². The molecule has 6 nitrogen and oxygen atoms in total. The van der Waals surface area contributed by atoms with Crippen molar-refractivity contribution in [3.63, 3.8) is 0 Å².